The summed E-state index contributed by atoms with van der Waals surface area (Å²) >= 11 is 6.10. The lowest BCUT2D eigenvalue weighted by Crippen LogP contribution is -2.43. The minimum Gasteiger partial charge on any atom is -0.355 e. The fourth-order valence-electron chi connectivity index (χ4n) is 2.64. The Labute approximate surface area is 149 Å². The molecule has 1 saturated heterocycles. The van der Waals surface area contributed by atoms with Gasteiger partial charge in [0.15, 0.2) is 0 Å². The highest BCUT2D eigenvalue weighted by Crippen LogP contribution is 2.30. The van der Waals surface area contributed by atoms with E-state index in [0.29, 0.717) is 10.7 Å². The zero-order valence-electron chi connectivity index (χ0n) is 13.8. The van der Waals surface area contributed by atoms with Crippen molar-refractivity contribution in [3.05, 3.63) is 58.9 Å². The third-order valence-electron chi connectivity index (χ3n) is 4.22. The molecule has 1 aliphatic rings. The highest BCUT2D eigenvalue weighted by Gasteiger charge is 2.45. The molecule has 0 spiro atoms. The van der Waals surface area contributed by atoms with Gasteiger partial charge in [0, 0.05) is 16.4 Å². The van der Waals surface area contributed by atoms with E-state index in [2.05, 4.69) is 10.6 Å². The summed E-state index contributed by atoms with van der Waals surface area (Å²) < 4.78 is 13.1. The average Bonchev–Trinajstić information content (AvgIpc) is 2.74. The molecule has 1 aliphatic heterocycles. The van der Waals surface area contributed by atoms with Gasteiger partial charge < -0.3 is 10.2 Å². The van der Waals surface area contributed by atoms with Crippen molar-refractivity contribution in [1.29, 1.82) is 0 Å². The summed E-state index contributed by atoms with van der Waals surface area (Å²) in [5, 5.41) is 6.02. The average molecular weight is 362 g/mol. The predicted molar refractivity (Wildman–Crippen MR) is 94.3 cm³/mol. The van der Waals surface area contributed by atoms with E-state index in [9.17, 15) is 14.0 Å². The molecule has 0 radical (unpaired) electrons. The van der Waals surface area contributed by atoms with Gasteiger partial charge in [-0.05, 0) is 61.9 Å². The van der Waals surface area contributed by atoms with E-state index in [1.54, 1.807) is 44.2 Å². The number of amides is 3. The van der Waals surface area contributed by atoms with Gasteiger partial charge in [-0.3, -0.25) is 10.1 Å². The summed E-state index contributed by atoms with van der Waals surface area (Å²) in [5.41, 5.74) is 1.21. The number of hydrogen-bond donors (Lipinski definition) is 2. The van der Waals surface area contributed by atoms with Crippen LogP contribution in [-0.4, -0.2) is 22.4 Å². The van der Waals surface area contributed by atoms with Gasteiger partial charge in [0.1, 0.15) is 11.4 Å². The molecule has 7 heteroatoms. The van der Waals surface area contributed by atoms with Crippen molar-refractivity contribution in [3.63, 3.8) is 0 Å². The van der Waals surface area contributed by atoms with Crippen LogP contribution in [0.1, 0.15) is 19.4 Å². The first-order valence-corrected chi connectivity index (χ1v) is 8.09. The molecule has 3 rings (SSSR count). The number of urea groups is 1. The van der Waals surface area contributed by atoms with Crippen LogP contribution in [0.15, 0.2) is 42.5 Å². The zero-order chi connectivity index (χ0) is 18.2. The van der Waals surface area contributed by atoms with E-state index in [1.807, 2.05) is 0 Å². The van der Waals surface area contributed by atoms with Crippen LogP contribution in [0, 0.1) is 5.82 Å². The maximum atomic E-state index is 13.1. The van der Waals surface area contributed by atoms with Crippen LogP contribution < -0.4 is 10.6 Å². The molecule has 0 saturated carbocycles. The standard InChI is InChI=1S/C18H17ClFN3O2/c1-18(2)16(24)22-17(25)23(18)10-11-9-12(19)3-8-15(11)21-14-6-4-13(20)5-7-14/h3-9,21H,10H2,1-2H3,(H,22,24,25). The predicted octanol–water partition coefficient (Wildman–Crippen LogP) is 4.05. The molecular weight excluding hydrogens is 345 g/mol. The summed E-state index contributed by atoms with van der Waals surface area (Å²) in [6.07, 6.45) is 0. The number of anilines is 2. The summed E-state index contributed by atoms with van der Waals surface area (Å²) in [6.45, 7) is 3.57. The largest absolute Gasteiger partial charge is 0.355 e. The van der Waals surface area contributed by atoms with E-state index < -0.39 is 11.6 Å². The number of rotatable bonds is 4. The normalized spacial score (nSPS) is 16.1. The van der Waals surface area contributed by atoms with Crippen LogP contribution >= 0.6 is 11.6 Å². The number of benzene rings is 2. The van der Waals surface area contributed by atoms with Gasteiger partial charge >= 0.3 is 6.03 Å². The summed E-state index contributed by atoms with van der Waals surface area (Å²) in [5.74, 6) is -0.663. The molecular formula is C18H17ClFN3O2. The lowest BCUT2D eigenvalue weighted by Gasteiger charge is -2.29. The first-order chi connectivity index (χ1) is 11.8. The Morgan fingerprint density at radius 1 is 1.16 bits per heavy atom. The Balaban J connectivity index is 1.90. The minimum absolute atomic E-state index is 0.203. The van der Waals surface area contributed by atoms with E-state index in [-0.39, 0.29) is 18.3 Å². The second-order valence-electron chi connectivity index (χ2n) is 6.34. The summed E-state index contributed by atoms with van der Waals surface area (Å²) in [6, 6.07) is 10.7. The second-order valence-corrected chi connectivity index (χ2v) is 6.77. The van der Waals surface area contributed by atoms with Crippen molar-refractivity contribution < 1.29 is 14.0 Å². The molecule has 0 atom stereocenters. The number of hydrogen-bond acceptors (Lipinski definition) is 3. The van der Waals surface area contributed by atoms with Crippen molar-refractivity contribution in [2.75, 3.05) is 5.32 Å². The molecule has 2 aromatic carbocycles. The van der Waals surface area contributed by atoms with Gasteiger partial charge in [0.25, 0.3) is 5.91 Å². The SMILES string of the molecule is CC1(C)C(=O)NC(=O)N1Cc1cc(Cl)ccc1Nc1ccc(F)cc1. The quantitative estimate of drug-likeness (QED) is 0.807. The molecule has 1 fully saturated rings. The molecule has 5 nitrogen and oxygen atoms in total. The third-order valence-corrected chi connectivity index (χ3v) is 4.45. The number of carbonyl (C=O) groups is 2. The molecule has 0 bridgehead atoms. The van der Waals surface area contributed by atoms with Crippen molar-refractivity contribution >= 4 is 34.9 Å². The summed E-state index contributed by atoms with van der Waals surface area (Å²) in [7, 11) is 0. The van der Waals surface area contributed by atoms with Crippen LogP contribution in [0.5, 0.6) is 0 Å². The molecule has 25 heavy (non-hydrogen) atoms. The first kappa shape index (κ1) is 17.2. The van der Waals surface area contributed by atoms with Crippen LogP contribution in [0.3, 0.4) is 0 Å². The van der Waals surface area contributed by atoms with Gasteiger partial charge in [0.2, 0.25) is 0 Å². The fourth-order valence-corrected chi connectivity index (χ4v) is 2.83. The highest BCUT2D eigenvalue weighted by atomic mass is 35.5. The lowest BCUT2D eigenvalue weighted by atomic mass is 10.0. The Bertz CT molecular complexity index is 837. The van der Waals surface area contributed by atoms with E-state index in [4.69, 9.17) is 11.6 Å². The first-order valence-electron chi connectivity index (χ1n) is 7.71. The number of nitrogens with zero attached hydrogens (tertiary/aromatic N) is 1. The molecule has 3 amide bonds. The van der Waals surface area contributed by atoms with Crippen molar-refractivity contribution in [2.24, 2.45) is 0 Å². The van der Waals surface area contributed by atoms with E-state index in [1.165, 1.54) is 17.0 Å². The summed E-state index contributed by atoms with van der Waals surface area (Å²) in [4.78, 5) is 25.5. The van der Waals surface area contributed by atoms with Crippen LogP contribution in [0.2, 0.25) is 5.02 Å². The number of imide groups is 1. The van der Waals surface area contributed by atoms with Crippen molar-refractivity contribution in [1.82, 2.24) is 10.2 Å². The van der Waals surface area contributed by atoms with E-state index in [0.717, 1.165) is 11.3 Å². The third kappa shape index (κ3) is 3.44. The van der Waals surface area contributed by atoms with E-state index >= 15 is 0 Å². The number of halogens is 2. The molecule has 2 N–H and O–H groups in total. The Morgan fingerprint density at radius 3 is 2.44 bits per heavy atom. The molecule has 1 heterocycles. The molecule has 130 valence electrons. The van der Waals surface area contributed by atoms with Crippen molar-refractivity contribution in [3.8, 4) is 0 Å². The molecule has 0 aromatic heterocycles. The van der Waals surface area contributed by atoms with Gasteiger partial charge in [-0.1, -0.05) is 11.6 Å². The van der Waals surface area contributed by atoms with Gasteiger partial charge in [-0.15, -0.1) is 0 Å². The molecule has 0 unspecified atom stereocenters. The monoisotopic (exact) mass is 361 g/mol. The van der Waals surface area contributed by atoms with Gasteiger partial charge in [0.05, 0.1) is 6.54 Å². The second kappa shape index (κ2) is 6.37. The topological polar surface area (TPSA) is 61.4 Å². The van der Waals surface area contributed by atoms with Crippen LogP contribution in [-0.2, 0) is 11.3 Å². The van der Waals surface area contributed by atoms with Crippen molar-refractivity contribution in [2.45, 2.75) is 25.9 Å². The number of carbonyl (C=O) groups excluding carboxylic acids is 2. The molecule has 0 aliphatic carbocycles. The lowest BCUT2D eigenvalue weighted by molar-refractivity contribution is -0.125. The van der Waals surface area contributed by atoms with Gasteiger partial charge in [-0.2, -0.15) is 0 Å². The van der Waals surface area contributed by atoms with Crippen LogP contribution in [0.4, 0.5) is 20.6 Å². The van der Waals surface area contributed by atoms with Crippen LogP contribution in [0.25, 0.3) is 0 Å². The highest BCUT2D eigenvalue weighted by molar-refractivity contribution is 6.30. The van der Waals surface area contributed by atoms with Gasteiger partial charge in [-0.25, -0.2) is 9.18 Å². The Morgan fingerprint density at radius 2 is 1.84 bits per heavy atom. The smallest absolute Gasteiger partial charge is 0.325 e. The Kier molecular flexibility index (Phi) is 4.39. The molecule has 2 aromatic rings. The number of nitrogens with one attached hydrogen (secondary N) is 2. The zero-order valence-corrected chi connectivity index (χ0v) is 14.5. The maximum Gasteiger partial charge on any atom is 0.325 e. The minimum atomic E-state index is -0.952. The Hall–Kier alpha value is -2.60. The maximum absolute atomic E-state index is 13.1. The fraction of sp³-hybridized carbons (Fsp3) is 0.222.